The lowest BCUT2D eigenvalue weighted by Crippen LogP contribution is -2.51. The number of urea groups is 1. The molecule has 31 heavy (non-hydrogen) atoms. The molecule has 2 aliphatic heterocycles. The molecule has 5 nitrogen and oxygen atoms in total. The van der Waals surface area contributed by atoms with Gasteiger partial charge in [0.05, 0.1) is 21.4 Å². The fourth-order valence-corrected chi connectivity index (χ4v) is 6.53. The minimum atomic E-state index is -4.59. The molecule has 0 aromatic heterocycles. The summed E-state index contributed by atoms with van der Waals surface area (Å²) in [5, 5.41) is 2.16. The maximum absolute atomic E-state index is 13.2. The van der Waals surface area contributed by atoms with E-state index in [0.717, 1.165) is 6.07 Å². The van der Waals surface area contributed by atoms with Gasteiger partial charge in [0, 0.05) is 17.1 Å². The summed E-state index contributed by atoms with van der Waals surface area (Å²) in [6, 6.07) is 9.45. The molecular formula is C21H20ClF3N2O3S. The molecule has 0 spiro atoms. The third-order valence-corrected chi connectivity index (χ3v) is 8.42. The number of alkyl halides is 3. The van der Waals surface area contributed by atoms with E-state index in [2.05, 4.69) is 5.32 Å². The average molecular weight is 473 g/mol. The number of hydrogen-bond donors (Lipinski definition) is 1. The van der Waals surface area contributed by atoms with Crippen molar-refractivity contribution in [3.8, 4) is 0 Å². The number of benzene rings is 2. The fourth-order valence-electron chi connectivity index (χ4n) is 4.55. The highest BCUT2D eigenvalue weighted by molar-refractivity contribution is 7.92. The molecule has 0 aliphatic carbocycles. The highest BCUT2D eigenvalue weighted by atomic mass is 35.5. The van der Waals surface area contributed by atoms with Gasteiger partial charge in [-0.1, -0.05) is 23.7 Å². The largest absolute Gasteiger partial charge is 0.418 e. The Labute approximate surface area is 183 Å². The van der Waals surface area contributed by atoms with Crippen LogP contribution >= 0.6 is 11.6 Å². The smallest absolute Gasteiger partial charge is 0.318 e. The number of sulfone groups is 1. The number of piperidine rings is 1. The Morgan fingerprint density at radius 3 is 2.16 bits per heavy atom. The minimum absolute atomic E-state index is 0.179. The zero-order chi connectivity index (χ0) is 22.4. The van der Waals surface area contributed by atoms with Crippen molar-refractivity contribution in [2.45, 2.75) is 54.1 Å². The summed E-state index contributed by atoms with van der Waals surface area (Å²) < 4.78 is 65.8. The number of nitrogens with zero attached hydrogens (tertiary/aromatic N) is 1. The maximum atomic E-state index is 13.2. The summed E-state index contributed by atoms with van der Waals surface area (Å²) in [6.45, 7) is 0. The Balaban J connectivity index is 1.52. The molecule has 2 aliphatic rings. The number of fused-ring (bicyclic) bond motifs is 2. The molecule has 2 unspecified atom stereocenters. The predicted molar refractivity (Wildman–Crippen MR) is 111 cm³/mol. The molecule has 2 fully saturated rings. The predicted octanol–water partition coefficient (Wildman–Crippen LogP) is 5.36. The van der Waals surface area contributed by atoms with E-state index in [-0.39, 0.29) is 35.5 Å². The Kier molecular flexibility index (Phi) is 5.68. The number of amides is 2. The third kappa shape index (κ3) is 4.25. The zero-order valence-corrected chi connectivity index (χ0v) is 17.8. The highest BCUT2D eigenvalue weighted by Crippen LogP contribution is 2.41. The normalized spacial score (nSPS) is 23.6. The van der Waals surface area contributed by atoms with Gasteiger partial charge in [-0.15, -0.1) is 0 Å². The van der Waals surface area contributed by atoms with Crippen molar-refractivity contribution in [1.29, 1.82) is 0 Å². The van der Waals surface area contributed by atoms with Crippen LogP contribution in [0.4, 0.5) is 23.7 Å². The molecule has 2 aromatic carbocycles. The van der Waals surface area contributed by atoms with Crippen LogP contribution in [0.15, 0.2) is 53.4 Å². The lowest BCUT2D eigenvalue weighted by atomic mass is 10.0. The Morgan fingerprint density at radius 2 is 1.58 bits per heavy atom. The van der Waals surface area contributed by atoms with Gasteiger partial charge in [0.15, 0.2) is 9.84 Å². The molecule has 2 heterocycles. The first-order valence-electron chi connectivity index (χ1n) is 9.82. The van der Waals surface area contributed by atoms with Gasteiger partial charge in [-0.2, -0.15) is 13.2 Å². The first-order valence-corrected chi connectivity index (χ1v) is 11.7. The molecule has 2 bridgehead atoms. The Bertz CT molecular complexity index is 1080. The van der Waals surface area contributed by atoms with E-state index in [1.165, 1.54) is 47.4 Å². The molecule has 2 atom stereocenters. The molecule has 166 valence electrons. The van der Waals surface area contributed by atoms with Crippen LogP contribution in [0.25, 0.3) is 0 Å². The van der Waals surface area contributed by atoms with Crippen molar-refractivity contribution in [3.63, 3.8) is 0 Å². The van der Waals surface area contributed by atoms with Crippen molar-refractivity contribution in [2.24, 2.45) is 0 Å². The lowest BCUT2D eigenvalue weighted by Gasteiger charge is -2.38. The van der Waals surface area contributed by atoms with Crippen LogP contribution in [0, 0.1) is 0 Å². The summed E-state index contributed by atoms with van der Waals surface area (Å²) in [6.07, 6.45) is -2.87. The summed E-state index contributed by atoms with van der Waals surface area (Å²) in [7, 11) is -3.60. The van der Waals surface area contributed by atoms with Gasteiger partial charge in [0.25, 0.3) is 0 Å². The van der Waals surface area contributed by atoms with Crippen LogP contribution in [-0.2, 0) is 16.0 Å². The monoisotopic (exact) mass is 472 g/mol. The molecule has 0 radical (unpaired) electrons. The number of hydrogen-bond acceptors (Lipinski definition) is 3. The van der Waals surface area contributed by atoms with Gasteiger partial charge >= 0.3 is 12.2 Å². The van der Waals surface area contributed by atoms with E-state index in [9.17, 15) is 26.4 Å². The first-order chi connectivity index (χ1) is 14.6. The number of anilines is 1. The van der Waals surface area contributed by atoms with Gasteiger partial charge < -0.3 is 10.2 Å². The molecule has 4 rings (SSSR count). The lowest BCUT2D eigenvalue weighted by molar-refractivity contribution is -0.136. The van der Waals surface area contributed by atoms with Crippen LogP contribution in [0.5, 0.6) is 0 Å². The number of carbonyl (C=O) groups excluding carboxylic acids is 1. The van der Waals surface area contributed by atoms with Gasteiger partial charge in [-0.25, -0.2) is 13.2 Å². The second-order valence-electron chi connectivity index (χ2n) is 7.86. The van der Waals surface area contributed by atoms with Gasteiger partial charge in [-0.3, -0.25) is 0 Å². The summed E-state index contributed by atoms with van der Waals surface area (Å²) in [4.78, 5) is 14.5. The first kappa shape index (κ1) is 22.0. The van der Waals surface area contributed by atoms with E-state index in [1.54, 1.807) is 0 Å². The number of carbonyl (C=O) groups is 1. The number of rotatable bonds is 3. The minimum Gasteiger partial charge on any atom is -0.318 e. The van der Waals surface area contributed by atoms with Crippen LogP contribution in [0.1, 0.15) is 31.2 Å². The third-order valence-electron chi connectivity index (χ3n) is 5.98. The molecule has 1 N–H and O–H groups in total. The average Bonchev–Trinajstić information content (AvgIpc) is 2.97. The number of nitrogens with one attached hydrogen (secondary N) is 1. The zero-order valence-electron chi connectivity index (χ0n) is 16.3. The molecule has 2 amide bonds. The SMILES string of the molecule is O=C(Nc1ccccc1C(F)(F)F)N1C2CCC1CC(S(=O)(=O)c1ccc(Cl)cc1)C2. The Hall–Kier alpha value is -2.26. The van der Waals surface area contributed by atoms with Gasteiger partial charge in [0.2, 0.25) is 0 Å². The van der Waals surface area contributed by atoms with Crippen molar-refractivity contribution in [3.05, 3.63) is 59.1 Å². The van der Waals surface area contributed by atoms with Crippen molar-refractivity contribution in [2.75, 3.05) is 5.32 Å². The number of halogens is 4. The summed E-state index contributed by atoms with van der Waals surface area (Å²) in [5.74, 6) is 0. The van der Waals surface area contributed by atoms with Crippen molar-refractivity contribution < 1.29 is 26.4 Å². The second-order valence-corrected chi connectivity index (χ2v) is 10.5. The van der Waals surface area contributed by atoms with Crippen LogP contribution in [-0.4, -0.2) is 36.7 Å². The Morgan fingerprint density at radius 1 is 1.00 bits per heavy atom. The van der Waals surface area contributed by atoms with Crippen molar-refractivity contribution >= 4 is 33.2 Å². The molecule has 2 aromatic rings. The second kappa shape index (κ2) is 8.02. The summed E-state index contributed by atoms with van der Waals surface area (Å²) in [5.41, 5.74) is -1.23. The standard InChI is InChI=1S/C21H20ClF3N2O3S/c22-13-5-9-16(10-6-13)31(29,30)17-11-14-7-8-15(12-17)27(14)20(28)26-19-4-2-1-3-18(19)21(23,24)25/h1-6,9-10,14-15,17H,7-8,11-12H2,(H,26,28). The van der Waals surface area contributed by atoms with E-state index >= 15 is 0 Å². The van der Waals surface area contributed by atoms with E-state index in [0.29, 0.717) is 17.9 Å². The molecule has 2 saturated heterocycles. The van der Waals surface area contributed by atoms with E-state index < -0.39 is 32.9 Å². The fraction of sp³-hybridized carbons (Fsp3) is 0.381. The van der Waals surface area contributed by atoms with E-state index in [1.807, 2.05) is 0 Å². The highest BCUT2D eigenvalue weighted by Gasteiger charge is 2.47. The molecule has 10 heteroatoms. The molecule has 0 saturated carbocycles. The quantitative estimate of drug-likeness (QED) is 0.654. The van der Waals surface area contributed by atoms with Gasteiger partial charge in [-0.05, 0) is 62.1 Å². The number of para-hydroxylation sites is 1. The topological polar surface area (TPSA) is 66.5 Å². The van der Waals surface area contributed by atoms with Crippen molar-refractivity contribution in [1.82, 2.24) is 4.90 Å². The van der Waals surface area contributed by atoms with Gasteiger partial charge in [0.1, 0.15) is 0 Å². The summed E-state index contributed by atoms with van der Waals surface area (Å²) >= 11 is 5.85. The maximum Gasteiger partial charge on any atom is 0.418 e. The van der Waals surface area contributed by atoms with Crippen LogP contribution in [0.2, 0.25) is 5.02 Å². The van der Waals surface area contributed by atoms with Crippen LogP contribution in [0.3, 0.4) is 0 Å². The van der Waals surface area contributed by atoms with E-state index in [4.69, 9.17) is 11.6 Å². The molecular weight excluding hydrogens is 453 g/mol. The van der Waals surface area contributed by atoms with Crippen LogP contribution < -0.4 is 5.32 Å².